The van der Waals surface area contributed by atoms with Gasteiger partial charge in [0, 0.05) is 42.2 Å². The Balaban J connectivity index is 1.07. The number of aromatic amines is 1. The van der Waals surface area contributed by atoms with Gasteiger partial charge in [-0.1, -0.05) is 0 Å². The summed E-state index contributed by atoms with van der Waals surface area (Å²) in [5.74, 6) is 1.97. The molecule has 3 aromatic rings. The number of likely N-dealkylation sites (tertiary alicyclic amines) is 2. The second kappa shape index (κ2) is 9.74. The molecule has 1 saturated carbocycles. The maximum Gasteiger partial charge on any atom is 0.159 e. The highest BCUT2D eigenvalue weighted by Crippen LogP contribution is 2.40. The summed E-state index contributed by atoms with van der Waals surface area (Å²) in [7, 11) is 0. The SMILES string of the molecule is O=C(CN1CCCC(CN2CCCC2)C1)C1CCC(c2cc[nH]c3cnc4nccc4c23)CC1. The number of nitrogens with one attached hydrogen (secondary N) is 1. The first-order chi connectivity index (χ1) is 16.7. The van der Waals surface area contributed by atoms with E-state index in [0.29, 0.717) is 18.2 Å². The Labute approximate surface area is 202 Å². The molecular formula is C28H37N5O. The molecule has 1 aliphatic carbocycles. The fourth-order valence-corrected chi connectivity index (χ4v) is 6.88. The van der Waals surface area contributed by atoms with E-state index < -0.39 is 0 Å². The summed E-state index contributed by atoms with van der Waals surface area (Å²) in [6.07, 6.45) is 15.3. The van der Waals surface area contributed by atoms with Crippen LogP contribution < -0.4 is 0 Å². The highest BCUT2D eigenvalue weighted by molar-refractivity contribution is 6.05. The summed E-state index contributed by atoms with van der Waals surface area (Å²) in [5, 5.41) is 2.40. The zero-order valence-corrected chi connectivity index (χ0v) is 20.2. The molecule has 6 rings (SSSR count). The standard InChI is InChI=1S/C28H37N5O/c34-26(19-33-15-3-4-20(18-33)17-32-13-1-2-14-32)22-7-5-21(6-8-22)23-9-11-29-25-16-31-28-24(27(23)25)10-12-30-28/h9-12,16,20-22,29H,1-8,13-15,17-19H2. The number of aromatic nitrogens is 3. The molecule has 1 atom stereocenters. The molecule has 34 heavy (non-hydrogen) atoms. The van der Waals surface area contributed by atoms with Crippen LogP contribution in [-0.2, 0) is 4.79 Å². The first kappa shape index (κ1) is 22.2. The lowest BCUT2D eigenvalue weighted by atomic mass is 9.76. The maximum absolute atomic E-state index is 13.2. The van der Waals surface area contributed by atoms with Crippen LogP contribution in [0, 0.1) is 11.8 Å². The third-order valence-corrected chi connectivity index (χ3v) is 8.64. The fraction of sp³-hybridized carbons (Fsp3) is 0.607. The molecule has 180 valence electrons. The van der Waals surface area contributed by atoms with Crippen molar-refractivity contribution in [2.24, 2.45) is 11.8 Å². The summed E-state index contributed by atoms with van der Waals surface area (Å²) in [5.41, 5.74) is 3.28. The lowest BCUT2D eigenvalue weighted by molar-refractivity contribution is -0.125. The average Bonchev–Trinajstić information content (AvgIpc) is 3.56. The molecule has 1 unspecified atom stereocenters. The van der Waals surface area contributed by atoms with Crippen LogP contribution in [0.25, 0.3) is 21.9 Å². The quantitative estimate of drug-likeness (QED) is 0.576. The van der Waals surface area contributed by atoms with Gasteiger partial charge < -0.3 is 9.88 Å². The predicted octanol–water partition coefficient (Wildman–Crippen LogP) is 4.76. The number of piperidine rings is 1. The number of pyridine rings is 2. The molecule has 3 fully saturated rings. The van der Waals surface area contributed by atoms with Gasteiger partial charge in [-0.05, 0) is 101 Å². The minimum atomic E-state index is 0.235. The molecule has 2 saturated heterocycles. The Morgan fingerprint density at radius 2 is 1.79 bits per heavy atom. The third kappa shape index (κ3) is 4.50. The zero-order chi connectivity index (χ0) is 22.9. The number of carbonyl (C=O) groups is 1. The molecule has 3 aromatic heterocycles. The Bertz CT molecular complexity index is 1140. The second-order valence-corrected chi connectivity index (χ2v) is 10.9. The number of H-pyrrole nitrogens is 1. The summed E-state index contributed by atoms with van der Waals surface area (Å²) in [4.78, 5) is 30.6. The summed E-state index contributed by atoms with van der Waals surface area (Å²) in [6, 6.07) is 4.31. The van der Waals surface area contributed by atoms with Crippen LogP contribution in [0.15, 0.2) is 30.7 Å². The first-order valence-electron chi connectivity index (χ1n) is 13.4. The normalized spacial score (nSPS) is 27.0. The number of hydrogen-bond donors (Lipinski definition) is 1. The first-order valence-corrected chi connectivity index (χ1v) is 13.4. The summed E-state index contributed by atoms with van der Waals surface area (Å²) < 4.78 is 0. The fourth-order valence-electron chi connectivity index (χ4n) is 6.88. The lowest BCUT2D eigenvalue weighted by Gasteiger charge is -2.35. The highest BCUT2D eigenvalue weighted by atomic mass is 16.1. The second-order valence-electron chi connectivity index (χ2n) is 10.9. The average molecular weight is 460 g/mol. The smallest absolute Gasteiger partial charge is 0.159 e. The van der Waals surface area contributed by atoms with Crippen molar-refractivity contribution in [2.45, 2.75) is 57.3 Å². The van der Waals surface area contributed by atoms with E-state index in [-0.39, 0.29) is 5.92 Å². The number of nitrogens with zero attached hydrogens (tertiary/aromatic N) is 4. The van der Waals surface area contributed by atoms with E-state index in [4.69, 9.17) is 0 Å². The zero-order valence-electron chi connectivity index (χ0n) is 20.2. The minimum Gasteiger partial charge on any atom is -0.360 e. The molecule has 0 spiro atoms. The molecule has 6 nitrogen and oxygen atoms in total. The lowest BCUT2D eigenvalue weighted by Crippen LogP contribution is -2.43. The van der Waals surface area contributed by atoms with Crippen LogP contribution in [-0.4, -0.2) is 69.8 Å². The largest absolute Gasteiger partial charge is 0.360 e. The van der Waals surface area contributed by atoms with Crippen molar-refractivity contribution in [1.82, 2.24) is 24.8 Å². The van der Waals surface area contributed by atoms with E-state index >= 15 is 0 Å². The van der Waals surface area contributed by atoms with Crippen LogP contribution in [0.5, 0.6) is 0 Å². The predicted molar refractivity (Wildman–Crippen MR) is 136 cm³/mol. The number of carbonyl (C=O) groups excluding carboxylic acids is 1. The van der Waals surface area contributed by atoms with Gasteiger partial charge in [-0.2, -0.15) is 0 Å². The van der Waals surface area contributed by atoms with E-state index in [0.717, 1.165) is 61.2 Å². The van der Waals surface area contributed by atoms with Gasteiger partial charge in [0.05, 0.1) is 18.3 Å². The number of fused-ring (bicyclic) bond motifs is 3. The number of hydrogen-bond acceptors (Lipinski definition) is 5. The molecule has 0 bridgehead atoms. The van der Waals surface area contributed by atoms with Crippen molar-refractivity contribution in [2.75, 3.05) is 39.3 Å². The van der Waals surface area contributed by atoms with Crippen LogP contribution in [0.2, 0.25) is 0 Å². The molecule has 1 N–H and O–H groups in total. The van der Waals surface area contributed by atoms with Crippen molar-refractivity contribution < 1.29 is 4.79 Å². The van der Waals surface area contributed by atoms with Crippen LogP contribution in [0.4, 0.5) is 0 Å². The van der Waals surface area contributed by atoms with E-state index in [1.165, 1.54) is 56.3 Å². The Hall–Kier alpha value is -2.31. The molecule has 0 amide bonds. The van der Waals surface area contributed by atoms with Gasteiger partial charge in [-0.15, -0.1) is 0 Å². The Morgan fingerprint density at radius 3 is 2.65 bits per heavy atom. The van der Waals surface area contributed by atoms with Crippen molar-refractivity contribution in [1.29, 1.82) is 0 Å². The van der Waals surface area contributed by atoms with Gasteiger partial charge in [0.25, 0.3) is 0 Å². The summed E-state index contributed by atoms with van der Waals surface area (Å²) >= 11 is 0. The molecule has 2 aliphatic heterocycles. The maximum atomic E-state index is 13.2. The Kier molecular flexibility index (Phi) is 6.35. The van der Waals surface area contributed by atoms with E-state index in [1.54, 1.807) is 0 Å². The number of Topliss-reactive ketones (excluding diaryl/α,β-unsaturated/α-hetero) is 1. The Morgan fingerprint density at radius 1 is 0.971 bits per heavy atom. The topological polar surface area (TPSA) is 65.1 Å². The van der Waals surface area contributed by atoms with Crippen molar-refractivity contribution >= 4 is 27.7 Å². The van der Waals surface area contributed by atoms with E-state index in [2.05, 4.69) is 36.9 Å². The van der Waals surface area contributed by atoms with Crippen LogP contribution in [0.3, 0.4) is 0 Å². The van der Waals surface area contributed by atoms with Gasteiger partial charge in [-0.3, -0.25) is 9.69 Å². The molecule has 0 aromatic carbocycles. The molecular weight excluding hydrogens is 422 g/mol. The van der Waals surface area contributed by atoms with Crippen LogP contribution in [0.1, 0.15) is 62.8 Å². The van der Waals surface area contributed by atoms with Crippen LogP contribution >= 0.6 is 0 Å². The monoisotopic (exact) mass is 459 g/mol. The number of rotatable bonds is 6. The van der Waals surface area contributed by atoms with Gasteiger partial charge in [0.2, 0.25) is 0 Å². The molecule has 6 heteroatoms. The van der Waals surface area contributed by atoms with E-state index in [1.807, 2.05) is 18.6 Å². The number of ketones is 1. The van der Waals surface area contributed by atoms with E-state index in [9.17, 15) is 4.79 Å². The van der Waals surface area contributed by atoms with Gasteiger partial charge in [-0.25, -0.2) is 9.97 Å². The van der Waals surface area contributed by atoms with Crippen molar-refractivity contribution in [3.8, 4) is 0 Å². The molecule has 3 aliphatic rings. The van der Waals surface area contributed by atoms with Gasteiger partial charge >= 0.3 is 0 Å². The van der Waals surface area contributed by atoms with Crippen molar-refractivity contribution in [3.63, 3.8) is 0 Å². The van der Waals surface area contributed by atoms with Crippen molar-refractivity contribution in [3.05, 3.63) is 36.3 Å². The molecule has 5 heterocycles. The van der Waals surface area contributed by atoms with Gasteiger partial charge in [0.1, 0.15) is 5.78 Å². The van der Waals surface area contributed by atoms with Gasteiger partial charge in [0.15, 0.2) is 5.65 Å². The minimum absolute atomic E-state index is 0.235. The summed E-state index contributed by atoms with van der Waals surface area (Å²) in [6.45, 7) is 6.67. The third-order valence-electron chi connectivity index (χ3n) is 8.64. The highest BCUT2D eigenvalue weighted by Gasteiger charge is 2.31. The molecule has 0 radical (unpaired) electrons.